The second kappa shape index (κ2) is 7.74. The maximum absolute atomic E-state index is 11.7. The number of nitrogens with one attached hydrogen (secondary N) is 1. The van der Waals surface area contributed by atoms with E-state index in [2.05, 4.69) is 31.1 Å². The molecule has 0 bridgehead atoms. The number of hydrogen-bond donors (Lipinski definition) is 2. The van der Waals surface area contributed by atoms with Crippen LogP contribution in [0.3, 0.4) is 0 Å². The summed E-state index contributed by atoms with van der Waals surface area (Å²) in [6, 6.07) is -0.0201. The van der Waals surface area contributed by atoms with E-state index >= 15 is 0 Å². The van der Waals surface area contributed by atoms with E-state index in [0.29, 0.717) is 12.3 Å². The number of nitrogens with two attached hydrogens (primary N) is 1. The molecule has 1 aliphatic heterocycles. The smallest absolute Gasteiger partial charge is 0.221 e. The topological polar surface area (TPSA) is 58.4 Å². The maximum Gasteiger partial charge on any atom is 0.221 e. The van der Waals surface area contributed by atoms with E-state index in [-0.39, 0.29) is 11.9 Å². The highest BCUT2D eigenvalue weighted by molar-refractivity contribution is 5.76. The fourth-order valence-electron chi connectivity index (χ4n) is 2.29. The molecule has 1 amide bonds. The zero-order valence-electron chi connectivity index (χ0n) is 12.1. The number of carbonyl (C=O) groups excluding carboxylic acids is 1. The van der Waals surface area contributed by atoms with Gasteiger partial charge in [0.2, 0.25) is 5.91 Å². The first-order chi connectivity index (χ1) is 8.49. The van der Waals surface area contributed by atoms with E-state index in [1.807, 2.05) is 0 Å². The Morgan fingerprint density at radius 1 is 1.39 bits per heavy atom. The van der Waals surface area contributed by atoms with Crippen LogP contribution < -0.4 is 11.1 Å². The summed E-state index contributed by atoms with van der Waals surface area (Å²) in [5, 5.41) is 2.99. The third-order valence-electron chi connectivity index (χ3n) is 3.99. The molecular formula is C14H29N3O. The molecule has 106 valence electrons. The second-order valence-corrected chi connectivity index (χ2v) is 6.00. The van der Waals surface area contributed by atoms with Gasteiger partial charge in [0.15, 0.2) is 0 Å². The lowest BCUT2D eigenvalue weighted by Gasteiger charge is -2.28. The van der Waals surface area contributed by atoms with E-state index in [9.17, 15) is 4.79 Å². The van der Waals surface area contributed by atoms with Gasteiger partial charge < -0.3 is 16.0 Å². The summed E-state index contributed by atoms with van der Waals surface area (Å²) in [6.45, 7) is 7.29. The summed E-state index contributed by atoms with van der Waals surface area (Å²) >= 11 is 0. The van der Waals surface area contributed by atoms with Gasteiger partial charge in [-0.05, 0) is 51.2 Å². The van der Waals surface area contributed by atoms with Crippen LogP contribution in [-0.4, -0.2) is 43.5 Å². The largest absolute Gasteiger partial charge is 0.356 e. The van der Waals surface area contributed by atoms with Crippen LogP contribution in [0.25, 0.3) is 0 Å². The molecule has 1 aliphatic rings. The van der Waals surface area contributed by atoms with Gasteiger partial charge in [-0.1, -0.05) is 13.8 Å². The van der Waals surface area contributed by atoms with Gasteiger partial charge in [0.1, 0.15) is 0 Å². The molecule has 0 aliphatic carbocycles. The molecule has 1 rings (SSSR count). The van der Waals surface area contributed by atoms with Crippen LogP contribution in [0.1, 0.15) is 39.5 Å². The van der Waals surface area contributed by atoms with Crippen molar-refractivity contribution < 1.29 is 4.79 Å². The van der Waals surface area contributed by atoms with Crippen LogP contribution in [0.4, 0.5) is 0 Å². The molecule has 0 spiro atoms. The van der Waals surface area contributed by atoms with Crippen LogP contribution in [0, 0.1) is 11.8 Å². The minimum Gasteiger partial charge on any atom is -0.356 e. The molecule has 0 radical (unpaired) electrons. The van der Waals surface area contributed by atoms with Crippen LogP contribution in [-0.2, 0) is 4.79 Å². The van der Waals surface area contributed by atoms with Crippen molar-refractivity contribution in [2.75, 3.05) is 26.7 Å². The summed E-state index contributed by atoms with van der Waals surface area (Å²) in [5.41, 5.74) is 5.88. The molecule has 1 saturated heterocycles. The highest BCUT2D eigenvalue weighted by atomic mass is 16.1. The van der Waals surface area contributed by atoms with Gasteiger partial charge >= 0.3 is 0 Å². The SMILES string of the molecule is CC(C)C(N)CC(=O)NCCC1CCN(C)CC1. The van der Waals surface area contributed by atoms with Gasteiger partial charge in [-0.25, -0.2) is 0 Å². The number of nitrogens with zero attached hydrogens (tertiary/aromatic N) is 1. The number of amides is 1. The summed E-state index contributed by atoms with van der Waals surface area (Å²) in [4.78, 5) is 14.0. The lowest BCUT2D eigenvalue weighted by atomic mass is 9.94. The summed E-state index contributed by atoms with van der Waals surface area (Å²) in [7, 11) is 2.17. The molecule has 0 aromatic heterocycles. The molecule has 18 heavy (non-hydrogen) atoms. The van der Waals surface area contributed by atoms with Gasteiger partial charge in [-0.15, -0.1) is 0 Å². The Hall–Kier alpha value is -0.610. The Labute approximate surface area is 111 Å². The van der Waals surface area contributed by atoms with E-state index in [0.717, 1.165) is 18.9 Å². The minimum atomic E-state index is -0.0201. The fourth-order valence-corrected chi connectivity index (χ4v) is 2.29. The van der Waals surface area contributed by atoms with Crippen molar-refractivity contribution in [3.8, 4) is 0 Å². The first-order valence-electron chi connectivity index (χ1n) is 7.20. The molecule has 1 unspecified atom stereocenters. The number of carbonyl (C=O) groups is 1. The normalized spacial score (nSPS) is 20.1. The predicted octanol–water partition coefficient (Wildman–Crippen LogP) is 1.21. The van der Waals surface area contributed by atoms with Crippen LogP contribution in [0.2, 0.25) is 0 Å². The number of likely N-dealkylation sites (tertiary alicyclic amines) is 1. The fraction of sp³-hybridized carbons (Fsp3) is 0.929. The average Bonchev–Trinajstić information content (AvgIpc) is 2.31. The van der Waals surface area contributed by atoms with Crippen molar-refractivity contribution in [1.29, 1.82) is 0 Å². The Kier molecular flexibility index (Phi) is 6.65. The molecule has 0 saturated carbocycles. The first kappa shape index (κ1) is 15.4. The monoisotopic (exact) mass is 255 g/mol. The van der Waals surface area contributed by atoms with Crippen molar-refractivity contribution in [2.45, 2.75) is 45.6 Å². The molecule has 3 N–H and O–H groups in total. The third-order valence-corrected chi connectivity index (χ3v) is 3.99. The van der Waals surface area contributed by atoms with Crippen molar-refractivity contribution in [3.05, 3.63) is 0 Å². The molecule has 1 fully saturated rings. The van der Waals surface area contributed by atoms with Crippen LogP contribution >= 0.6 is 0 Å². The third kappa shape index (κ3) is 5.83. The Balaban J connectivity index is 2.08. The van der Waals surface area contributed by atoms with Crippen molar-refractivity contribution in [3.63, 3.8) is 0 Å². The quantitative estimate of drug-likeness (QED) is 0.750. The Morgan fingerprint density at radius 3 is 2.56 bits per heavy atom. The van der Waals surface area contributed by atoms with E-state index in [4.69, 9.17) is 5.73 Å². The minimum absolute atomic E-state index is 0.0201. The van der Waals surface area contributed by atoms with Crippen LogP contribution in [0.15, 0.2) is 0 Å². The van der Waals surface area contributed by atoms with Gasteiger partial charge in [0, 0.05) is 19.0 Å². The van der Waals surface area contributed by atoms with E-state index in [1.165, 1.54) is 25.9 Å². The molecule has 1 atom stereocenters. The van der Waals surface area contributed by atoms with Gasteiger partial charge in [-0.2, -0.15) is 0 Å². The van der Waals surface area contributed by atoms with Gasteiger partial charge in [-0.3, -0.25) is 4.79 Å². The number of hydrogen-bond acceptors (Lipinski definition) is 3. The van der Waals surface area contributed by atoms with E-state index in [1.54, 1.807) is 0 Å². The van der Waals surface area contributed by atoms with Crippen LogP contribution in [0.5, 0.6) is 0 Å². The zero-order chi connectivity index (χ0) is 13.5. The lowest BCUT2D eigenvalue weighted by Crippen LogP contribution is -2.36. The molecule has 1 heterocycles. The highest BCUT2D eigenvalue weighted by Crippen LogP contribution is 2.18. The average molecular weight is 255 g/mol. The van der Waals surface area contributed by atoms with Crippen molar-refractivity contribution in [1.82, 2.24) is 10.2 Å². The predicted molar refractivity (Wildman–Crippen MR) is 75.3 cm³/mol. The van der Waals surface area contributed by atoms with Gasteiger partial charge in [0.25, 0.3) is 0 Å². The zero-order valence-corrected chi connectivity index (χ0v) is 12.1. The van der Waals surface area contributed by atoms with Crippen molar-refractivity contribution >= 4 is 5.91 Å². The van der Waals surface area contributed by atoms with E-state index < -0.39 is 0 Å². The second-order valence-electron chi connectivity index (χ2n) is 6.00. The summed E-state index contributed by atoms with van der Waals surface area (Å²) < 4.78 is 0. The highest BCUT2D eigenvalue weighted by Gasteiger charge is 2.17. The number of rotatable bonds is 6. The number of piperidine rings is 1. The first-order valence-corrected chi connectivity index (χ1v) is 7.20. The van der Waals surface area contributed by atoms with Crippen molar-refractivity contribution in [2.24, 2.45) is 17.6 Å². The summed E-state index contributed by atoms with van der Waals surface area (Å²) in [5.74, 6) is 1.24. The lowest BCUT2D eigenvalue weighted by molar-refractivity contribution is -0.121. The molecule has 4 heteroatoms. The molecule has 4 nitrogen and oxygen atoms in total. The Bertz CT molecular complexity index is 247. The Morgan fingerprint density at radius 2 is 2.00 bits per heavy atom. The molecule has 0 aromatic rings. The molecular weight excluding hydrogens is 226 g/mol. The van der Waals surface area contributed by atoms with Gasteiger partial charge in [0.05, 0.1) is 0 Å². The standard InChI is InChI=1S/C14H29N3O/c1-11(2)13(15)10-14(18)16-7-4-12-5-8-17(3)9-6-12/h11-13H,4-10,15H2,1-3H3,(H,16,18). The maximum atomic E-state index is 11.7. The summed E-state index contributed by atoms with van der Waals surface area (Å²) in [6.07, 6.45) is 4.08. The molecule has 0 aromatic carbocycles.